The molecule has 1 aromatic heterocycles. The maximum absolute atomic E-state index is 13.5. The summed E-state index contributed by atoms with van der Waals surface area (Å²) in [4.78, 5) is 43.3. The van der Waals surface area contributed by atoms with Crippen LogP contribution in [0.2, 0.25) is 0 Å². The van der Waals surface area contributed by atoms with Crippen molar-refractivity contribution in [2.75, 3.05) is 12.0 Å². The fourth-order valence-corrected chi connectivity index (χ4v) is 4.43. The number of ether oxygens (including phenoxy) is 1. The van der Waals surface area contributed by atoms with Crippen LogP contribution in [0.1, 0.15) is 27.2 Å². The number of thiophene rings is 1. The zero-order valence-corrected chi connectivity index (χ0v) is 18.1. The number of hydrogen-bond donors (Lipinski definition) is 0. The highest BCUT2D eigenvalue weighted by Crippen LogP contribution is 2.30. The van der Waals surface area contributed by atoms with Gasteiger partial charge in [0, 0.05) is 10.4 Å². The van der Waals surface area contributed by atoms with Crippen molar-refractivity contribution in [3.8, 4) is 5.75 Å². The molecule has 0 bridgehead atoms. The van der Waals surface area contributed by atoms with Crippen molar-refractivity contribution < 1.29 is 19.1 Å². The average molecular weight is 435 g/mol. The molecule has 7 heteroatoms. The fourth-order valence-electron chi connectivity index (χ4n) is 3.72. The van der Waals surface area contributed by atoms with Gasteiger partial charge in [0.05, 0.1) is 25.8 Å². The van der Waals surface area contributed by atoms with Crippen molar-refractivity contribution in [1.29, 1.82) is 0 Å². The van der Waals surface area contributed by atoms with E-state index < -0.39 is 11.9 Å². The predicted octanol–water partition coefficient (Wildman–Crippen LogP) is 4.04. The lowest BCUT2D eigenvalue weighted by molar-refractivity contribution is -0.122. The number of methoxy groups -OCH3 is 1. The highest BCUT2D eigenvalue weighted by Gasteiger charge is 2.44. The van der Waals surface area contributed by atoms with E-state index in [1.165, 1.54) is 16.2 Å². The molecule has 2 heterocycles. The van der Waals surface area contributed by atoms with Crippen LogP contribution in [0.3, 0.4) is 0 Å². The molecule has 0 saturated carbocycles. The minimum atomic E-state index is -0.858. The minimum Gasteiger partial charge on any atom is -0.497 e. The number of anilines is 1. The molecule has 1 unspecified atom stereocenters. The smallest absolute Gasteiger partial charge is 0.257 e. The molecule has 6 nitrogen and oxygen atoms in total. The second kappa shape index (κ2) is 8.73. The molecule has 1 atom stereocenters. The maximum atomic E-state index is 13.5. The summed E-state index contributed by atoms with van der Waals surface area (Å²) in [6, 6.07) is 17.0. The summed E-state index contributed by atoms with van der Waals surface area (Å²) < 4.78 is 5.16. The number of amides is 3. The van der Waals surface area contributed by atoms with Crippen LogP contribution in [0.5, 0.6) is 5.75 Å². The van der Waals surface area contributed by atoms with Crippen LogP contribution in [-0.2, 0) is 16.1 Å². The van der Waals surface area contributed by atoms with Gasteiger partial charge in [0.15, 0.2) is 0 Å². The van der Waals surface area contributed by atoms with Crippen LogP contribution < -0.4 is 9.64 Å². The summed E-state index contributed by atoms with van der Waals surface area (Å²) in [6.45, 7) is 2.13. The molecular formula is C24H22N2O4S. The van der Waals surface area contributed by atoms with Gasteiger partial charge in [-0.15, -0.1) is 11.3 Å². The standard InChI is InChI=1S/C24H22N2O4S/c1-16-6-3-4-8-20(16)23(28)25(15-19-7-5-13-31-19)21-14-22(27)26(24(21)29)17-9-11-18(30-2)12-10-17/h3-13,21H,14-15H2,1-2H3. The van der Waals surface area contributed by atoms with Gasteiger partial charge < -0.3 is 9.64 Å². The molecule has 3 amide bonds. The van der Waals surface area contributed by atoms with Crippen LogP contribution in [0, 0.1) is 6.92 Å². The molecule has 1 aliphatic rings. The van der Waals surface area contributed by atoms with Crippen molar-refractivity contribution in [3.63, 3.8) is 0 Å². The third-order valence-electron chi connectivity index (χ3n) is 5.37. The topological polar surface area (TPSA) is 66.9 Å². The lowest BCUT2D eigenvalue weighted by atomic mass is 10.1. The second-order valence-corrected chi connectivity index (χ2v) is 8.34. The molecule has 1 fully saturated rings. The van der Waals surface area contributed by atoms with Gasteiger partial charge in [0.1, 0.15) is 11.8 Å². The zero-order valence-electron chi connectivity index (χ0n) is 17.3. The van der Waals surface area contributed by atoms with Gasteiger partial charge in [-0.3, -0.25) is 14.4 Å². The number of nitrogens with zero attached hydrogens (tertiary/aromatic N) is 2. The van der Waals surface area contributed by atoms with Gasteiger partial charge in [-0.2, -0.15) is 0 Å². The minimum absolute atomic E-state index is 0.0478. The Hall–Kier alpha value is -3.45. The number of carbonyl (C=O) groups excluding carboxylic acids is 3. The molecule has 1 saturated heterocycles. The Morgan fingerprint density at radius 2 is 1.84 bits per heavy atom. The van der Waals surface area contributed by atoms with E-state index in [1.54, 1.807) is 43.5 Å². The first-order chi connectivity index (χ1) is 15.0. The number of rotatable bonds is 6. The first-order valence-electron chi connectivity index (χ1n) is 9.89. The Morgan fingerprint density at radius 3 is 2.48 bits per heavy atom. The van der Waals surface area contributed by atoms with E-state index in [0.29, 0.717) is 17.0 Å². The number of benzene rings is 2. The molecular weight excluding hydrogens is 412 g/mol. The second-order valence-electron chi connectivity index (χ2n) is 7.31. The molecule has 0 radical (unpaired) electrons. The number of hydrogen-bond acceptors (Lipinski definition) is 5. The van der Waals surface area contributed by atoms with Crippen molar-refractivity contribution in [2.24, 2.45) is 0 Å². The third kappa shape index (κ3) is 4.09. The summed E-state index contributed by atoms with van der Waals surface area (Å²) in [6.07, 6.45) is -0.0478. The highest BCUT2D eigenvalue weighted by atomic mass is 32.1. The fraction of sp³-hybridized carbons (Fsp3) is 0.208. The summed E-state index contributed by atoms with van der Waals surface area (Å²) >= 11 is 1.51. The Kier molecular flexibility index (Phi) is 5.86. The molecule has 158 valence electrons. The van der Waals surface area contributed by atoms with Gasteiger partial charge in [-0.25, -0.2) is 4.90 Å². The third-order valence-corrected chi connectivity index (χ3v) is 6.23. The van der Waals surface area contributed by atoms with Crippen LogP contribution in [0.15, 0.2) is 66.0 Å². The summed E-state index contributed by atoms with van der Waals surface area (Å²) in [5, 5.41) is 1.93. The van der Waals surface area contributed by atoms with Crippen molar-refractivity contribution >= 4 is 34.7 Å². The zero-order chi connectivity index (χ0) is 22.0. The van der Waals surface area contributed by atoms with Crippen LogP contribution in [0.4, 0.5) is 5.69 Å². The monoisotopic (exact) mass is 434 g/mol. The van der Waals surface area contributed by atoms with E-state index in [0.717, 1.165) is 15.3 Å². The Morgan fingerprint density at radius 1 is 1.10 bits per heavy atom. The Bertz CT molecular complexity index is 1110. The van der Waals surface area contributed by atoms with Crippen molar-refractivity contribution in [1.82, 2.24) is 4.90 Å². The Balaban J connectivity index is 1.67. The summed E-state index contributed by atoms with van der Waals surface area (Å²) in [5.41, 5.74) is 1.83. The van der Waals surface area contributed by atoms with Crippen LogP contribution in [-0.4, -0.2) is 35.8 Å². The van der Waals surface area contributed by atoms with E-state index in [1.807, 2.05) is 36.6 Å². The first kappa shape index (κ1) is 20.8. The maximum Gasteiger partial charge on any atom is 0.257 e. The summed E-state index contributed by atoms with van der Waals surface area (Å²) in [5.74, 6) is -0.342. The molecule has 31 heavy (non-hydrogen) atoms. The van der Waals surface area contributed by atoms with E-state index in [4.69, 9.17) is 4.74 Å². The van der Waals surface area contributed by atoms with Crippen LogP contribution in [0.25, 0.3) is 0 Å². The Labute approximate surface area is 184 Å². The number of imide groups is 1. The average Bonchev–Trinajstić information content (AvgIpc) is 3.39. The van der Waals surface area contributed by atoms with Gasteiger partial charge >= 0.3 is 0 Å². The number of carbonyl (C=O) groups is 3. The molecule has 0 aliphatic carbocycles. The van der Waals surface area contributed by atoms with Crippen LogP contribution >= 0.6 is 11.3 Å². The van der Waals surface area contributed by atoms with Gasteiger partial charge in [0.2, 0.25) is 5.91 Å². The lowest BCUT2D eigenvalue weighted by Gasteiger charge is -2.28. The molecule has 3 aromatic rings. The molecule has 0 N–H and O–H groups in total. The van der Waals surface area contributed by atoms with Crippen molar-refractivity contribution in [3.05, 3.63) is 82.0 Å². The quantitative estimate of drug-likeness (QED) is 0.549. The molecule has 0 spiro atoms. The van der Waals surface area contributed by atoms with E-state index in [2.05, 4.69) is 0 Å². The first-order valence-corrected chi connectivity index (χ1v) is 10.8. The highest BCUT2D eigenvalue weighted by molar-refractivity contribution is 7.09. The van der Waals surface area contributed by atoms with E-state index >= 15 is 0 Å². The van der Waals surface area contributed by atoms with E-state index in [9.17, 15) is 14.4 Å². The molecule has 2 aromatic carbocycles. The van der Waals surface area contributed by atoms with E-state index in [-0.39, 0.29) is 24.8 Å². The molecule has 1 aliphatic heterocycles. The molecule has 4 rings (SSSR count). The normalized spacial score (nSPS) is 15.9. The van der Waals surface area contributed by atoms with Gasteiger partial charge in [-0.1, -0.05) is 24.3 Å². The number of aryl methyl sites for hydroxylation is 1. The summed E-state index contributed by atoms with van der Waals surface area (Å²) in [7, 11) is 1.55. The van der Waals surface area contributed by atoms with Gasteiger partial charge in [-0.05, 0) is 54.3 Å². The lowest BCUT2D eigenvalue weighted by Crippen LogP contribution is -2.45. The largest absolute Gasteiger partial charge is 0.497 e. The predicted molar refractivity (Wildman–Crippen MR) is 119 cm³/mol. The van der Waals surface area contributed by atoms with Gasteiger partial charge in [0.25, 0.3) is 11.8 Å². The SMILES string of the molecule is COc1ccc(N2C(=O)CC(N(Cc3cccs3)C(=O)c3ccccc3C)C2=O)cc1. The van der Waals surface area contributed by atoms with Crippen molar-refractivity contribution in [2.45, 2.75) is 25.9 Å².